The van der Waals surface area contributed by atoms with Crippen LogP contribution in [0.15, 0.2) is 33.6 Å². The zero-order valence-corrected chi connectivity index (χ0v) is 14.9. The Kier molecular flexibility index (Phi) is 5.59. The van der Waals surface area contributed by atoms with E-state index in [0.717, 1.165) is 17.1 Å². The molecule has 0 N–H and O–H groups in total. The highest BCUT2D eigenvalue weighted by Crippen LogP contribution is 2.36. The van der Waals surface area contributed by atoms with Gasteiger partial charge in [0.25, 0.3) is 0 Å². The van der Waals surface area contributed by atoms with Crippen molar-refractivity contribution in [2.45, 2.75) is 39.0 Å². The Morgan fingerprint density at radius 1 is 1.43 bits per heavy atom. The van der Waals surface area contributed by atoms with Crippen molar-refractivity contribution in [3.05, 3.63) is 29.3 Å². The smallest absolute Gasteiger partial charge is 0.123 e. The molecule has 0 saturated heterocycles. The summed E-state index contributed by atoms with van der Waals surface area (Å²) in [5.74, 6) is 0.519. The first-order valence-electron chi connectivity index (χ1n) is 7.20. The van der Waals surface area contributed by atoms with Gasteiger partial charge in [0.1, 0.15) is 5.01 Å². The minimum atomic E-state index is 0.519. The van der Waals surface area contributed by atoms with Crippen LogP contribution in [0.4, 0.5) is 5.69 Å². The van der Waals surface area contributed by atoms with E-state index in [2.05, 4.69) is 51.1 Å². The largest absolute Gasteiger partial charge is 0.258 e. The molecule has 0 fully saturated rings. The van der Waals surface area contributed by atoms with E-state index in [1.165, 1.54) is 21.7 Å². The molecule has 1 unspecified atom stereocenters. The molecule has 0 radical (unpaired) electrons. The van der Waals surface area contributed by atoms with Gasteiger partial charge >= 0.3 is 0 Å². The van der Waals surface area contributed by atoms with Gasteiger partial charge in [-0.25, -0.2) is 4.98 Å². The van der Waals surface area contributed by atoms with Gasteiger partial charge in [-0.2, -0.15) is 0 Å². The predicted molar refractivity (Wildman–Crippen MR) is 96.3 cm³/mol. The van der Waals surface area contributed by atoms with Crippen LogP contribution < -0.4 is 0 Å². The van der Waals surface area contributed by atoms with E-state index in [-0.39, 0.29) is 0 Å². The predicted octanol–water partition coefficient (Wildman–Crippen LogP) is 5.98. The second-order valence-electron chi connectivity index (χ2n) is 5.22. The lowest BCUT2D eigenvalue weighted by atomic mass is 10.0. The first kappa shape index (κ1) is 16.2. The standard InChI is InChI=1S/C17H22N2S2/c1-6-11(2)13(4)19-16-10-14(20-5)9-15(12(16)3)17-18-7-8-21-17/h7-11H,6H2,1-5H3. The van der Waals surface area contributed by atoms with Crippen molar-refractivity contribution in [3.63, 3.8) is 0 Å². The zero-order chi connectivity index (χ0) is 15.4. The number of aromatic nitrogens is 1. The molecule has 1 atom stereocenters. The summed E-state index contributed by atoms with van der Waals surface area (Å²) >= 11 is 3.43. The maximum absolute atomic E-state index is 4.89. The van der Waals surface area contributed by atoms with Crippen molar-refractivity contribution in [1.29, 1.82) is 0 Å². The van der Waals surface area contributed by atoms with Crippen LogP contribution in [0.1, 0.15) is 32.8 Å². The molecule has 21 heavy (non-hydrogen) atoms. The van der Waals surface area contributed by atoms with Gasteiger partial charge in [-0.1, -0.05) is 13.8 Å². The van der Waals surface area contributed by atoms with Gasteiger partial charge in [-0.3, -0.25) is 4.99 Å². The van der Waals surface area contributed by atoms with E-state index in [0.29, 0.717) is 5.92 Å². The van der Waals surface area contributed by atoms with Crippen LogP contribution in [-0.2, 0) is 0 Å². The molecule has 4 heteroatoms. The van der Waals surface area contributed by atoms with Gasteiger partial charge in [0, 0.05) is 27.7 Å². The number of hydrogen-bond acceptors (Lipinski definition) is 4. The van der Waals surface area contributed by atoms with Gasteiger partial charge in [0.15, 0.2) is 0 Å². The number of thioether (sulfide) groups is 1. The van der Waals surface area contributed by atoms with Crippen molar-refractivity contribution in [3.8, 4) is 10.6 Å². The molecule has 0 bridgehead atoms. The Bertz CT molecular complexity index is 630. The first-order chi connectivity index (χ1) is 10.1. The summed E-state index contributed by atoms with van der Waals surface area (Å²) < 4.78 is 0. The lowest BCUT2D eigenvalue weighted by Gasteiger charge is -2.12. The first-order valence-corrected chi connectivity index (χ1v) is 9.31. The van der Waals surface area contributed by atoms with E-state index in [9.17, 15) is 0 Å². The highest BCUT2D eigenvalue weighted by Gasteiger charge is 2.12. The molecule has 0 saturated carbocycles. The van der Waals surface area contributed by atoms with Crippen molar-refractivity contribution in [1.82, 2.24) is 4.98 Å². The van der Waals surface area contributed by atoms with Crippen LogP contribution in [0.2, 0.25) is 0 Å². The van der Waals surface area contributed by atoms with Gasteiger partial charge in [0.2, 0.25) is 0 Å². The van der Waals surface area contributed by atoms with Gasteiger partial charge in [0.05, 0.1) is 5.69 Å². The SMILES string of the molecule is CCC(C)C(C)=Nc1cc(SC)cc(-c2nccs2)c1C. The number of thiazole rings is 1. The molecule has 0 aliphatic rings. The molecule has 0 amide bonds. The zero-order valence-electron chi connectivity index (χ0n) is 13.3. The third-order valence-electron chi connectivity index (χ3n) is 3.87. The lowest BCUT2D eigenvalue weighted by molar-refractivity contribution is 0.736. The summed E-state index contributed by atoms with van der Waals surface area (Å²) in [4.78, 5) is 10.6. The molecule has 1 aromatic heterocycles. The fraction of sp³-hybridized carbons (Fsp3) is 0.412. The van der Waals surface area contributed by atoms with E-state index < -0.39 is 0 Å². The molecule has 2 nitrogen and oxygen atoms in total. The Hall–Kier alpha value is -1.13. The number of rotatable bonds is 5. The van der Waals surface area contributed by atoms with Crippen LogP contribution in [0, 0.1) is 12.8 Å². The molecule has 112 valence electrons. The average Bonchev–Trinajstić information content (AvgIpc) is 3.02. The quantitative estimate of drug-likeness (QED) is 0.500. The van der Waals surface area contributed by atoms with Gasteiger partial charge < -0.3 is 0 Å². The number of hydrogen-bond donors (Lipinski definition) is 0. The van der Waals surface area contributed by atoms with Gasteiger partial charge in [-0.05, 0) is 50.1 Å². The van der Waals surface area contributed by atoms with Crippen LogP contribution in [0.3, 0.4) is 0 Å². The molecule has 2 aromatic rings. The summed E-state index contributed by atoms with van der Waals surface area (Å²) in [6.07, 6.45) is 5.08. The summed E-state index contributed by atoms with van der Waals surface area (Å²) in [5.41, 5.74) is 4.69. The summed E-state index contributed by atoms with van der Waals surface area (Å²) in [7, 11) is 0. The molecule has 0 spiro atoms. The highest BCUT2D eigenvalue weighted by molar-refractivity contribution is 7.98. The molecule has 0 aliphatic heterocycles. The van der Waals surface area contributed by atoms with Crippen LogP contribution in [-0.4, -0.2) is 17.0 Å². The summed E-state index contributed by atoms with van der Waals surface area (Å²) in [6.45, 7) is 8.70. The minimum absolute atomic E-state index is 0.519. The molecule has 1 aromatic carbocycles. The van der Waals surface area contributed by atoms with Crippen LogP contribution >= 0.6 is 23.1 Å². The Morgan fingerprint density at radius 2 is 2.19 bits per heavy atom. The fourth-order valence-corrected chi connectivity index (χ4v) is 3.26. The lowest BCUT2D eigenvalue weighted by Crippen LogP contribution is -2.04. The van der Waals surface area contributed by atoms with E-state index in [4.69, 9.17) is 4.99 Å². The van der Waals surface area contributed by atoms with Crippen molar-refractivity contribution >= 4 is 34.5 Å². The Morgan fingerprint density at radius 3 is 2.76 bits per heavy atom. The molecular formula is C17H22N2S2. The maximum Gasteiger partial charge on any atom is 0.123 e. The molecular weight excluding hydrogens is 296 g/mol. The average molecular weight is 319 g/mol. The van der Waals surface area contributed by atoms with Crippen molar-refractivity contribution in [2.75, 3.05) is 6.26 Å². The van der Waals surface area contributed by atoms with Crippen LogP contribution in [0.25, 0.3) is 10.6 Å². The van der Waals surface area contributed by atoms with Crippen LogP contribution in [0.5, 0.6) is 0 Å². The Balaban J connectivity index is 2.54. The van der Waals surface area contributed by atoms with E-state index in [1.54, 1.807) is 23.1 Å². The van der Waals surface area contributed by atoms with E-state index in [1.807, 2.05) is 11.6 Å². The maximum atomic E-state index is 4.89. The van der Waals surface area contributed by atoms with Crippen molar-refractivity contribution < 1.29 is 0 Å². The molecule has 2 rings (SSSR count). The number of benzene rings is 1. The number of nitrogens with zero attached hydrogens (tertiary/aromatic N) is 2. The highest BCUT2D eigenvalue weighted by atomic mass is 32.2. The minimum Gasteiger partial charge on any atom is -0.258 e. The second-order valence-corrected chi connectivity index (χ2v) is 6.99. The normalized spacial score (nSPS) is 13.5. The van der Waals surface area contributed by atoms with Gasteiger partial charge in [-0.15, -0.1) is 23.1 Å². The third kappa shape index (κ3) is 3.74. The summed E-state index contributed by atoms with van der Waals surface area (Å²) in [6, 6.07) is 4.40. The second kappa shape index (κ2) is 7.23. The van der Waals surface area contributed by atoms with E-state index >= 15 is 0 Å². The monoisotopic (exact) mass is 318 g/mol. The van der Waals surface area contributed by atoms with Crippen molar-refractivity contribution in [2.24, 2.45) is 10.9 Å². The molecule has 0 aliphatic carbocycles. The molecule has 1 heterocycles. The summed E-state index contributed by atoms with van der Waals surface area (Å²) in [5, 5.41) is 3.09. The number of aliphatic imine (C=N–C) groups is 1. The third-order valence-corrected chi connectivity index (χ3v) is 5.39. The Labute approximate surface area is 135 Å². The topological polar surface area (TPSA) is 25.2 Å². The fourth-order valence-electron chi connectivity index (χ4n) is 2.08.